The average Bonchev–Trinajstić information content (AvgIpc) is 2.88. The Bertz CT molecular complexity index is 500. The molecule has 0 saturated heterocycles. The summed E-state index contributed by atoms with van der Waals surface area (Å²) < 4.78 is 1.77. The maximum absolute atomic E-state index is 11.5. The normalized spacial score (nSPS) is 10.1. The van der Waals surface area contributed by atoms with Crippen LogP contribution in [0.25, 0.3) is 0 Å². The zero-order chi connectivity index (χ0) is 15.7. The molecule has 1 heterocycles. The number of nitrogens with zero attached hydrogens (tertiary/aromatic N) is 3. The summed E-state index contributed by atoms with van der Waals surface area (Å²) in [7, 11) is 0. The van der Waals surface area contributed by atoms with E-state index in [0.717, 1.165) is 0 Å². The number of hydrogen-bond acceptors (Lipinski definition) is 5. The van der Waals surface area contributed by atoms with Gasteiger partial charge in [0.1, 0.15) is 6.33 Å². The standard InChI is InChI=1S/C12H19N5O4/c1-2-17-8-14-16-9(17)7-13-12(21)15-10(18)5-3-4-6-11(19)20/h8H,2-7H2,1H3,(H,19,20)(H2,13,15,18,21). The van der Waals surface area contributed by atoms with Crippen LogP contribution in [0.15, 0.2) is 6.33 Å². The predicted octanol–water partition coefficient (Wildman–Crippen LogP) is 0.269. The Labute approximate surface area is 121 Å². The number of imide groups is 1. The van der Waals surface area contributed by atoms with Crippen LogP contribution in [0.2, 0.25) is 0 Å². The fourth-order valence-electron chi connectivity index (χ4n) is 1.63. The molecule has 0 aliphatic carbocycles. The molecule has 0 bridgehead atoms. The molecule has 0 fully saturated rings. The third-order valence-corrected chi connectivity index (χ3v) is 2.74. The van der Waals surface area contributed by atoms with Crippen molar-refractivity contribution in [1.82, 2.24) is 25.4 Å². The van der Waals surface area contributed by atoms with Gasteiger partial charge in [-0.1, -0.05) is 0 Å². The van der Waals surface area contributed by atoms with E-state index >= 15 is 0 Å². The van der Waals surface area contributed by atoms with Gasteiger partial charge in [0.25, 0.3) is 0 Å². The van der Waals surface area contributed by atoms with Crippen LogP contribution >= 0.6 is 0 Å². The van der Waals surface area contributed by atoms with Gasteiger partial charge in [0.2, 0.25) is 5.91 Å². The van der Waals surface area contributed by atoms with E-state index in [1.807, 2.05) is 6.92 Å². The molecule has 3 amide bonds. The molecule has 21 heavy (non-hydrogen) atoms. The number of aliphatic carboxylic acids is 1. The number of aromatic nitrogens is 3. The second-order valence-corrected chi connectivity index (χ2v) is 4.36. The van der Waals surface area contributed by atoms with E-state index in [1.165, 1.54) is 0 Å². The number of hydrogen-bond donors (Lipinski definition) is 3. The van der Waals surface area contributed by atoms with Crippen molar-refractivity contribution in [2.75, 3.05) is 0 Å². The van der Waals surface area contributed by atoms with Gasteiger partial charge in [0.15, 0.2) is 5.82 Å². The van der Waals surface area contributed by atoms with E-state index < -0.39 is 17.9 Å². The molecule has 0 unspecified atom stereocenters. The minimum Gasteiger partial charge on any atom is -0.481 e. The Balaban J connectivity index is 2.21. The lowest BCUT2D eigenvalue weighted by Crippen LogP contribution is -2.39. The molecule has 3 N–H and O–H groups in total. The number of unbranched alkanes of at least 4 members (excludes halogenated alkanes) is 1. The van der Waals surface area contributed by atoms with E-state index in [9.17, 15) is 14.4 Å². The molecule has 9 heteroatoms. The fraction of sp³-hybridized carbons (Fsp3) is 0.583. The first kappa shape index (κ1) is 16.6. The molecule has 0 aliphatic rings. The number of carbonyl (C=O) groups is 3. The van der Waals surface area contributed by atoms with Crippen molar-refractivity contribution in [2.24, 2.45) is 0 Å². The van der Waals surface area contributed by atoms with E-state index in [0.29, 0.717) is 25.2 Å². The van der Waals surface area contributed by atoms with Gasteiger partial charge in [-0.15, -0.1) is 10.2 Å². The van der Waals surface area contributed by atoms with Crippen molar-refractivity contribution in [3.8, 4) is 0 Å². The molecule has 0 atom stereocenters. The summed E-state index contributed by atoms with van der Waals surface area (Å²) >= 11 is 0. The average molecular weight is 297 g/mol. The van der Waals surface area contributed by atoms with Crippen molar-refractivity contribution in [1.29, 1.82) is 0 Å². The Hall–Kier alpha value is -2.45. The maximum Gasteiger partial charge on any atom is 0.321 e. The molecule has 0 saturated carbocycles. The highest BCUT2D eigenvalue weighted by molar-refractivity contribution is 5.94. The number of urea groups is 1. The highest BCUT2D eigenvalue weighted by Gasteiger charge is 2.09. The molecule has 116 valence electrons. The predicted molar refractivity (Wildman–Crippen MR) is 72.2 cm³/mol. The van der Waals surface area contributed by atoms with Gasteiger partial charge in [0.05, 0.1) is 6.54 Å². The molecular weight excluding hydrogens is 278 g/mol. The lowest BCUT2D eigenvalue weighted by atomic mass is 10.2. The molecule has 1 rings (SSSR count). The van der Waals surface area contributed by atoms with Crippen LogP contribution in [0.5, 0.6) is 0 Å². The zero-order valence-corrected chi connectivity index (χ0v) is 11.8. The van der Waals surface area contributed by atoms with Gasteiger partial charge >= 0.3 is 12.0 Å². The van der Waals surface area contributed by atoms with Gasteiger partial charge in [-0.3, -0.25) is 14.9 Å². The smallest absolute Gasteiger partial charge is 0.321 e. The highest BCUT2D eigenvalue weighted by atomic mass is 16.4. The highest BCUT2D eigenvalue weighted by Crippen LogP contribution is 1.99. The van der Waals surface area contributed by atoms with Gasteiger partial charge in [-0.05, 0) is 19.8 Å². The monoisotopic (exact) mass is 297 g/mol. The SMILES string of the molecule is CCn1cnnc1CNC(=O)NC(=O)CCCCC(=O)O. The lowest BCUT2D eigenvalue weighted by Gasteiger charge is -2.07. The number of aryl methyl sites for hydroxylation is 1. The summed E-state index contributed by atoms with van der Waals surface area (Å²) in [5.74, 6) is -0.732. The molecular formula is C12H19N5O4. The Kier molecular flexibility index (Phi) is 6.85. The van der Waals surface area contributed by atoms with E-state index in [2.05, 4.69) is 20.8 Å². The topological polar surface area (TPSA) is 126 Å². The first-order valence-corrected chi connectivity index (χ1v) is 6.69. The maximum atomic E-state index is 11.5. The van der Waals surface area contributed by atoms with Crippen molar-refractivity contribution in [2.45, 2.75) is 45.7 Å². The summed E-state index contributed by atoms with van der Waals surface area (Å²) in [4.78, 5) is 33.2. The minimum absolute atomic E-state index is 0.0200. The Morgan fingerprint density at radius 3 is 2.67 bits per heavy atom. The summed E-state index contributed by atoms with van der Waals surface area (Å²) in [6.07, 6.45) is 2.53. The Morgan fingerprint density at radius 1 is 1.29 bits per heavy atom. The minimum atomic E-state index is -0.895. The first-order chi connectivity index (χ1) is 10.0. The van der Waals surface area contributed by atoms with Gasteiger partial charge < -0.3 is 15.0 Å². The summed E-state index contributed by atoms with van der Waals surface area (Å²) in [6, 6.07) is -0.608. The van der Waals surface area contributed by atoms with Crippen LogP contribution in [0.4, 0.5) is 4.79 Å². The Morgan fingerprint density at radius 2 is 2.00 bits per heavy atom. The fourth-order valence-corrected chi connectivity index (χ4v) is 1.63. The molecule has 0 spiro atoms. The molecule has 1 aromatic rings. The largest absolute Gasteiger partial charge is 0.481 e. The second-order valence-electron chi connectivity index (χ2n) is 4.36. The van der Waals surface area contributed by atoms with E-state index in [4.69, 9.17) is 5.11 Å². The van der Waals surface area contributed by atoms with E-state index in [-0.39, 0.29) is 19.4 Å². The number of carboxylic acids is 1. The van der Waals surface area contributed by atoms with Crippen molar-refractivity contribution in [3.63, 3.8) is 0 Å². The van der Waals surface area contributed by atoms with Crippen LogP contribution in [-0.4, -0.2) is 37.8 Å². The number of rotatable bonds is 8. The van der Waals surface area contributed by atoms with Crippen LogP contribution < -0.4 is 10.6 Å². The van der Waals surface area contributed by atoms with Crippen LogP contribution in [0.1, 0.15) is 38.4 Å². The van der Waals surface area contributed by atoms with Crippen LogP contribution in [-0.2, 0) is 22.7 Å². The van der Waals surface area contributed by atoms with Crippen molar-refractivity contribution in [3.05, 3.63) is 12.2 Å². The molecule has 0 aromatic carbocycles. The molecule has 0 aliphatic heterocycles. The number of nitrogens with one attached hydrogen (secondary N) is 2. The number of amides is 3. The molecule has 9 nitrogen and oxygen atoms in total. The second kappa shape index (κ2) is 8.67. The summed E-state index contributed by atoms with van der Waals surface area (Å²) in [5.41, 5.74) is 0. The zero-order valence-electron chi connectivity index (χ0n) is 11.8. The third kappa shape index (κ3) is 6.50. The van der Waals surface area contributed by atoms with E-state index in [1.54, 1.807) is 10.9 Å². The van der Waals surface area contributed by atoms with Crippen LogP contribution in [0.3, 0.4) is 0 Å². The summed E-state index contributed by atoms with van der Waals surface area (Å²) in [5, 5.41) is 20.7. The third-order valence-electron chi connectivity index (χ3n) is 2.74. The number of carbonyl (C=O) groups excluding carboxylic acids is 2. The quantitative estimate of drug-likeness (QED) is 0.591. The van der Waals surface area contributed by atoms with Crippen molar-refractivity contribution >= 4 is 17.9 Å². The first-order valence-electron chi connectivity index (χ1n) is 6.69. The van der Waals surface area contributed by atoms with Gasteiger partial charge in [-0.2, -0.15) is 0 Å². The molecule has 0 radical (unpaired) electrons. The molecule has 1 aromatic heterocycles. The number of carboxylic acid groups (broad SMARTS) is 1. The van der Waals surface area contributed by atoms with Gasteiger partial charge in [-0.25, -0.2) is 4.79 Å². The van der Waals surface area contributed by atoms with Gasteiger partial charge in [0, 0.05) is 19.4 Å². The van der Waals surface area contributed by atoms with Crippen molar-refractivity contribution < 1.29 is 19.5 Å². The van der Waals surface area contributed by atoms with Crippen LogP contribution in [0, 0.1) is 0 Å². The lowest BCUT2D eigenvalue weighted by molar-refractivity contribution is -0.137. The summed E-state index contributed by atoms with van der Waals surface area (Å²) in [6.45, 7) is 2.79.